The fourth-order valence-corrected chi connectivity index (χ4v) is 4.45. The highest BCUT2D eigenvalue weighted by Gasteiger charge is 2.54. The molecule has 3 N–H and O–H groups in total. The molecule has 2 aliphatic rings. The van der Waals surface area contributed by atoms with Crippen LogP contribution >= 0.6 is 0 Å². The zero-order valence-electron chi connectivity index (χ0n) is 18.6. The van der Waals surface area contributed by atoms with Crippen molar-refractivity contribution >= 4 is 28.7 Å². The molecule has 4 amide bonds. The smallest absolute Gasteiger partial charge is 0.322 e. The minimum Gasteiger partial charge on any atom is -0.489 e. The van der Waals surface area contributed by atoms with Crippen LogP contribution in [-0.2, 0) is 16.1 Å². The molecule has 0 bridgehead atoms. The van der Waals surface area contributed by atoms with Crippen LogP contribution in [-0.4, -0.2) is 47.6 Å². The van der Waals surface area contributed by atoms with Gasteiger partial charge in [-0.05, 0) is 49.7 Å². The summed E-state index contributed by atoms with van der Waals surface area (Å²) in [6.45, 7) is 2.71. The first-order chi connectivity index (χ1) is 16.4. The lowest BCUT2D eigenvalue weighted by Gasteiger charge is -2.38. The average Bonchev–Trinajstić information content (AvgIpc) is 3.12. The highest BCUT2D eigenvalue weighted by atomic mass is 16.5. The quantitative estimate of drug-likeness (QED) is 0.503. The number of amides is 4. The number of nitrogens with zero attached hydrogens (tertiary/aromatic N) is 1. The number of hydrogen-bond acceptors (Lipinski definition) is 6. The third-order valence-electron chi connectivity index (χ3n) is 6.19. The molecule has 2 saturated heterocycles. The Morgan fingerprint density at radius 2 is 2.00 bits per heavy atom. The number of benzene rings is 2. The van der Waals surface area contributed by atoms with E-state index in [1.807, 2.05) is 37.3 Å². The number of fused-ring (bicyclic) bond motifs is 1. The van der Waals surface area contributed by atoms with E-state index >= 15 is 0 Å². The summed E-state index contributed by atoms with van der Waals surface area (Å²) >= 11 is 0. The van der Waals surface area contributed by atoms with Crippen molar-refractivity contribution in [3.8, 4) is 5.75 Å². The van der Waals surface area contributed by atoms with Gasteiger partial charge in [0.2, 0.25) is 0 Å². The van der Waals surface area contributed by atoms with Crippen LogP contribution in [0.3, 0.4) is 0 Å². The van der Waals surface area contributed by atoms with Gasteiger partial charge in [-0.3, -0.25) is 19.9 Å². The number of nitrogens with one attached hydrogen (secondary N) is 3. The fraction of sp³-hybridized carbons (Fsp3) is 0.280. The van der Waals surface area contributed by atoms with Gasteiger partial charge in [-0.15, -0.1) is 0 Å². The van der Waals surface area contributed by atoms with E-state index in [2.05, 4.69) is 20.9 Å². The van der Waals surface area contributed by atoms with E-state index in [1.54, 1.807) is 24.3 Å². The number of carbonyl (C=O) groups excluding carboxylic acids is 3. The highest BCUT2D eigenvalue weighted by Crippen LogP contribution is 2.25. The second-order valence-electron chi connectivity index (χ2n) is 8.50. The molecule has 1 aromatic heterocycles. The molecule has 0 saturated carbocycles. The lowest BCUT2D eigenvalue weighted by atomic mass is 9.86. The summed E-state index contributed by atoms with van der Waals surface area (Å²) in [4.78, 5) is 41.5. The van der Waals surface area contributed by atoms with Gasteiger partial charge in [0.05, 0.1) is 18.2 Å². The number of para-hydroxylation sites is 1. The zero-order chi connectivity index (χ0) is 23.7. The minimum atomic E-state index is -1.29. The van der Waals surface area contributed by atoms with Gasteiger partial charge in [0.25, 0.3) is 11.8 Å². The molecule has 0 aliphatic carbocycles. The van der Waals surface area contributed by atoms with E-state index in [9.17, 15) is 14.4 Å². The van der Waals surface area contributed by atoms with Crippen molar-refractivity contribution in [3.05, 3.63) is 71.4 Å². The van der Waals surface area contributed by atoms with Gasteiger partial charge in [0.1, 0.15) is 12.4 Å². The summed E-state index contributed by atoms with van der Waals surface area (Å²) in [5.41, 5.74) is 2.00. The molecule has 34 heavy (non-hydrogen) atoms. The Kier molecular flexibility index (Phi) is 5.62. The summed E-state index contributed by atoms with van der Waals surface area (Å²) in [5, 5.41) is 8.77. The summed E-state index contributed by atoms with van der Waals surface area (Å²) in [5.74, 6) is -0.215. The van der Waals surface area contributed by atoms with Crippen LogP contribution in [0.4, 0.5) is 4.79 Å². The molecule has 5 rings (SSSR count). The highest BCUT2D eigenvalue weighted by molar-refractivity contribution is 6.08. The number of urea groups is 1. The van der Waals surface area contributed by atoms with Gasteiger partial charge in [-0.25, -0.2) is 4.79 Å². The van der Waals surface area contributed by atoms with Crippen LogP contribution in [0.15, 0.2) is 54.6 Å². The maximum Gasteiger partial charge on any atom is 0.322 e. The fourth-order valence-electron chi connectivity index (χ4n) is 4.45. The lowest BCUT2D eigenvalue weighted by molar-refractivity contribution is -0.130. The number of aryl methyl sites for hydroxylation is 1. The summed E-state index contributed by atoms with van der Waals surface area (Å²) in [6.07, 6.45) is 0.403. The Morgan fingerprint density at radius 3 is 2.76 bits per heavy atom. The standard InChI is InChI=1S/C25H24N4O5/c1-15-12-17(19-4-2-3-5-20(19)26-15)13-34-18-8-6-16(7-9-18)22(30)27-21-10-11-33-14-25(21)23(31)28-24(32)29-25/h2-9,12,21H,10-11,13-14H2,1H3,(H,27,30)(H2,28,29,31,32). The van der Waals surface area contributed by atoms with Crippen LogP contribution < -0.4 is 20.7 Å². The van der Waals surface area contributed by atoms with Gasteiger partial charge in [-0.2, -0.15) is 0 Å². The first-order valence-corrected chi connectivity index (χ1v) is 11.0. The van der Waals surface area contributed by atoms with E-state index in [0.717, 1.165) is 22.2 Å². The molecule has 3 aromatic rings. The molecule has 3 heterocycles. The Balaban J connectivity index is 1.26. The van der Waals surface area contributed by atoms with Crippen molar-refractivity contribution in [2.45, 2.75) is 31.5 Å². The first-order valence-electron chi connectivity index (χ1n) is 11.0. The molecule has 2 aromatic carbocycles. The van der Waals surface area contributed by atoms with Crippen molar-refractivity contribution in [2.75, 3.05) is 13.2 Å². The Morgan fingerprint density at radius 1 is 1.21 bits per heavy atom. The number of rotatable bonds is 5. The van der Waals surface area contributed by atoms with Crippen LogP contribution in [0.25, 0.3) is 10.9 Å². The van der Waals surface area contributed by atoms with Crippen molar-refractivity contribution < 1.29 is 23.9 Å². The summed E-state index contributed by atoms with van der Waals surface area (Å²) in [7, 11) is 0. The van der Waals surface area contributed by atoms with Crippen LogP contribution in [0.1, 0.15) is 28.0 Å². The summed E-state index contributed by atoms with van der Waals surface area (Å²) in [6, 6.07) is 15.5. The molecular weight excluding hydrogens is 436 g/mol. The second kappa shape index (κ2) is 8.75. The monoisotopic (exact) mass is 460 g/mol. The average molecular weight is 460 g/mol. The number of aromatic nitrogens is 1. The number of imide groups is 1. The van der Waals surface area contributed by atoms with Crippen molar-refractivity contribution in [1.29, 1.82) is 0 Å². The Hall–Kier alpha value is -3.98. The summed E-state index contributed by atoms with van der Waals surface area (Å²) < 4.78 is 11.4. The number of pyridine rings is 1. The molecule has 174 valence electrons. The van der Waals surface area contributed by atoms with Gasteiger partial charge >= 0.3 is 6.03 Å². The lowest BCUT2D eigenvalue weighted by Crippen LogP contribution is -2.67. The molecule has 2 unspecified atom stereocenters. The topological polar surface area (TPSA) is 119 Å². The van der Waals surface area contributed by atoms with E-state index in [-0.39, 0.29) is 12.5 Å². The minimum absolute atomic E-state index is 0.00542. The van der Waals surface area contributed by atoms with Crippen LogP contribution in [0, 0.1) is 6.92 Å². The molecule has 9 heteroatoms. The van der Waals surface area contributed by atoms with Gasteiger partial charge < -0.3 is 20.1 Å². The molecular formula is C25H24N4O5. The van der Waals surface area contributed by atoms with Crippen LogP contribution in [0.5, 0.6) is 5.75 Å². The Bertz CT molecular complexity index is 1280. The van der Waals surface area contributed by atoms with Crippen molar-refractivity contribution in [2.24, 2.45) is 0 Å². The van der Waals surface area contributed by atoms with E-state index in [1.165, 1.54) is 0 Å². The van der Waals surface area contributed by atoms with E-state index in [4.69, 9.17) is 9.47 Å². The van der Waals surface area contributed by atoms with Crippen molar-refractivity contribution in [3.63, 3.8) is 0 Å². The second-order valence-corrected chi connectivity index (χ2v) is 8.50. The zero-order valence-corrected chi connectivity index (χ0v) is 18.6. The first kappa shape index (κ1) is 21.8. The number of ether oxygens (including phenoxy) is 2. The molecule has 2 aliphatic heterocycles. The predicted octanol–water partition coefficient (Wildman–Crippen LogP) is 2.22. The van der Waals surface area contributed by atoms with Gasteiger partial charge in [0, 0.05) is 28.8 Å². The number of hydrogen-bond donors (Lipinski definition) is 3. The Labute approximate surface area is 195 Å². The largest absolute Gasteiger partial charge is 0.489 e. The SMILES string of the molecule is Cc1cc(COc2ccc(C(=O)NC3CCOCC34NC(=O)NC4=O)cc2)c2ccccc2n1. The molecule has 9 nitrogen and oxygen atoms in total. The maximum atomic E-state index is 12.9. The third-order valence-corrected chi connectivity index (χ3v) is 6.19. The van der Waals surface area contributed by atoms with Crippen LogP contribution in [0.2, 0.25) is 0 Å². The normalized spacial score (nSPS) is 21.9. The molecule has 1 spiro atoms. The molecule has 2 fully saturated rings. The predicted molar refractivity (Wildman–Crippen MR) is 123 cm³/mol. The van der Waals surface area contributed by atoms with E-state index < -0.39 is 23.5 Å². The van der Waals surface area contributed by atoms with Gasteiger partial charge in [0.15, 0.2) is 5.54 Å². The van der Waals surface area contributed by atoms with E-state index in [0.29, 0.717) is 30.9 Å². The van der Waals surface area contributed by atoms with Gasteiger partial charge in [-0.1, -0.05) is 18.2 Å². The molecule has 2 atom stereocenters. The molecule has 0 radical (unpaired) electrons. The number of carbonyl (C=O) groups is 3. The third kappa shape index (κ3) is 4.06. The maximum absolute atomic E-state index is 12.9. The van der Waals surface area contributed by atoms with Crippen molar-refractivity contribution in [1.82, 2.24) is 20.9 Å².